The molecule has 0 radical (unpaired) electrons. The van der Waals surface area contributed by atoms with Gasteiger partial charge in [-0.3, -0.25) is 4.79 Å². The van der Waals surface area contributed by atoms with Gasteiger partial charge in [0, 0.05) is 12.5 Å². The Morgan fingerprint density at radius 3 is 2.63 bits per heavy atom. The summed E-state index contributed by atoms with van der Waals surface area (Å²) in [7, 11) is 0. The minimum Gasteiger partial charge on any atom is -0.464 e. The molecule has 0 aromatic carbocycles. The van der Waals surface area contributed by atoms with Crippen molar-refractivity contribution < 1.29 is 14.3 Å². The van der Waals surface area contributed by atoms with Crippen LogP contribution in [0.5, 0.6) is 0 Å². The zero-order chi connectivity index (χ0) is 14.3. The lowest BCUT2D eigenvalue weighted by atomic mass is 9.97. The lowest BCUT2D eigenvalue weighted by Crippen LogP contribution is -2.44. The molecular formula is C15H27NO3. The van der Waals surface area contributed by atoms with Crippen LogP contribution in [0.3, 0.4) is 0 Å². The SMILES string of the molecule is CCCCC(CC)C(=O)N1CCCC1C(=O)OCC. The molecule has 0 aromatic heterocycles. The molecule has 1 heterocycles. The standard InChI is InChI=1S/C15H27NO3/c1-4-7-9-12(5-2)14(17)16-11-8-10-13(16)15(18)19-6-3/h12-13H,4-11H2,1-3H3. The van der Waals surface area contributed by atoms with Gasteiger partial charge >= 0.3 is 5.97 Å². The van der Waals surface area contributed by atoms with E-state index in [9.17, 15) is 9.59 Å². The average molecular weight is 269 g/mol. The van der Waals surface area contributed by atoms with Gasteiger partial charge in [-0.05, 0) is 32.6 Å². The number of ether oxygens (including phenoxy) is 1. The summed E-state index contributed by atoms with van der Waals surface area (Å²) in [5, 5.41) is 0. The quantitative estimate of drug-likeness (QED) is 0.668. The summed E-state index contributed by atoms with van der Waals surface area (Å²) >= 11 is 0. The van der Waals surface area contributed by atoms with Gasteiger partial charge in [-0.15, -0.1) is 0 Å². The van der Waals surface area contributed by atoms with Crippen LogP contribution in [-0.4, -0.2) is 36.0 Å². The third-order valence-corrected chi connectivity index (χ3v) is 3.84. The van der Waals surface area contributed by atoms with Gasteiger partial charge in [0.2, 0.25) is 5.91 Å². The summed E-state index contributed by atoms with van der Waals surface area (Å²) in [6.45, 7) is 7.06. The number of rotatable bonds is 7. The summed E-state index contributed by atoms with van der Waals surface area (Å²) in [6, 6.07) is -0.344. The Kier molecular flexibility index (Phi) is 6.89. The maximum atomic E-state index is 12.5. The summed E-state index contributed by atoms with van der Waals surface area (Å²) in [6.07, 6.45) is 5.60. The van der Waals surface area contributed by atoms with Crippen LogP contribution in [0.25, 0.3) is 0 Å². The van der Waals surface area contributed by atoms with E-state index in [-0.39, 0.29) is 23.8 Å². The molecule has 2 unspecified atom stereocenters. The molecule has 1 saturated heterocycles. The van der Waals surface area contributed by atoms with Crippen molar-refractivity contribution in [1.82, 2.24) is 4.90 Å². The van der Waals surface area contributed by atoms with E-state index < -0.39 is 0 Å². The molecule has 1 aliphatic rings. The van der Waals surface area contributed by atoms with E-state index in [2.05, 4.69) is 6.92 Å². The van der Waals surface area contributed by atoms with Crippen LogP contribution in [0.2, 0.25) is 0 Å². The fraction of sp³-hybridized carbons (Fsp3) is 0.867. The number of likely N-dealkylation sites (tertiary alicyclic amines) is 1. The van der Waals surface area contributed by atoms with Crippen molar-refractivity contribution in [3.05, 3.63) is 0 Å². The maximum absolute atomic E-state index is 12.5. The minimum absolute atomic E-state index is 0.0648. The number of hydrogen-bond acceptors (Lipinski definition) is 3. The number of hydrogen-bond donors (Lipinski definition) is 0. The van der Waals surface area contributed by atoms with Gasteiger partial charge in [0.05, 0.1) is 6.61 Å². The van der Waals surface area contributed by atoms with E-state index in [4.69, 9.17) is 4.74 Å². The number of amides is 1. The molecule has 19 heavy (non-hydrogen) atoms. The van der Waals surface area contributed by atoms with E-state index in [0.29, 0.717) is 13.2 Å². The second kappa shape index (κ2) is 8.18. The Bertz CT molecular complexity index is 304. The highest BCUT2D eigenvalue weighted by Crippen LogP contribution is 2.24. The maximum Gasteiger partial charge on any atom is 0.328 e. The normalized spacial score (nSPS) is 20.4. The predicted octanol–water partition coefficient (Wildman–Crippen LogP) is 2.76. The van der Waals surface area contributed by atoms with Gasteiger partial charge in [-0.1, -0.05) is 26.7 Å². The summed E-state index contributed by atoms with van der Waals surface area (Å²) in [4.78, 5) is 26.1. The van der Waals surface area contributed by atoms with Crippen molar-refractivity contribution in [3.8, 4) is 0 Å². The Labute approximate surface area is 116 Å². The monoisotopic (exact) mass is 269 g/mol. The number of esters is 1. The summed E-state index contributed by atoms with van der Waals surface area (Å²) < 4.78 is 5.07. The second-order valence-electron chi connectivity index (χ2n) is 5.19. The minimum atomic E-state index is -0.344. The van der Waals surface area contributed by atoms with E-state index in [0.717, 1.165) is 38.5 Å². The molecule has 2 atom stereocenters. The third kappa shape index (κ3) is 4.22. The topological polar surface area (TPSA) is 46.6 Å². The van der Waals surface area contributed by atoms with Gasteiger partial charge in [0.25, 0.3) is 0 Å². The molecule has 0 bridgehead atoms. The number of carbonyl (C=O) groups is 2. The highest BCUT2D eigenvalue weighted by Gasteiger charge is 2.37. The zero-order valence-electron chi connectivity index (χ0n) is 12.5. The van der Waals surface area contributed by atoms with Gasteiger partial charge < -0.3 is 9.64 Å². The zero-order valence-corrected chi connectivity index (χ0v) is 12.5. The predicted molar refractivity (Wildman–Crippen MR) is 74.7 cm³/mol. The fourth-order valence-electron chi connectivity index (χ4n) is 2.70. The first kappa shape index (κ1) is 16.0. The highest BCUT2D eigenvalue weighted by atomic mass is 16.5. The van der Waals surface area contributed by atoms with Crippen molar-refractivity contribution in [2.45, 2.75) is 65.3 Å². The number of unbranched alkanes of at least 4 members (excludes halogenated alkanes) is 1. The van der Waals surface area contributed by atoms with Gasteiger partial charge in [0.1, 0.15) is 6.04 Å². The van der Waals surface area contributed by atoms with E-state index in [1.165, 1.54) is 0 Å². The fourth-order valence-corrected chi connectivity index (χ4v) is 2.70. The van der Waals surface area contributed by atoms with Crippen molar-refractivity contribution in [1.29, 1.82) is 0 Å². The molecular weight excluding hydrogens is 242 g/mol. The molecule has 1 aliphatic heterocycles. The molecule has 1 fully saturated rings. The molecule has 0 saturated carbocycles. The molecule has 0 aliphatic carbocycles. The molecule has 4 nitrogen and oxygen atoms in total. The van der Waals surface area contributed by atoms with Crippen LogP contribution in [0, 0.1) is 5.92 Å². The van der Waals surface area contributed by atoms with Gasteiger partial charge in [-0.25, -0.2) is 4.79 Å². The molecule has 0 N–H and O–H groups in total. The largest absolute Gasteiger partial charge is 0.464 e. The van der Waals surface area contributed by atoms with Gasteiger partial charge in [-0.2, -0.15) is 0 Å². The van der Waals surface area contributed by atoms with Crippen molar-refractivity contribution in [2.24, 2.45) is 5.92 Å². The first-order valence-electron chi connectivity index (χ1n) is 7.62. The Morgan fingerprint density at radius 2 is 2.05 bits per heavy atom. The van der Waals surface area contributed by atoms with Crippen molar-refractivity contribution in [3.63, 3.8) is 0 Å². The van der Waals surface area contributed by atoms with Crippen molar-refractivity contribution >= 4 is 11.9 Å². The van der Waals surface area contributed by atoms with Crippen LogP contribution < -0.4 is 0 Å². The smallest absolute Gasteiger partial charge is 0.328 e. The van der Waals surface area contributed by atoms with E-state index in [1.54, 1.807) is 11.8 Å². The van der Waals surface area contributed by atoms with Gasteiger partial charge in [0.15, 0.2) is 0 Å². The molecule has 110 valence electrons. The lowest BCUT2D eigenvalue weighted by Gasteiger charge is -2.27. The van der Waals surface area contributed by atoms with Crippen LogP contribution >= 0.6 is 0 Å². The molecule has 0 aromatic rings. The van der Waals surface area contributed by atoms with Crippen LogP contribution in [-0.2, 0) is 14.3 Å². The summed E-state index contributed by atoms with van der Waals surface area (Å²) in [5.41, 5.74) is 0. The van der Waals surface area contributed by atoms with Crippen LogP contribution in [0.15, 0.2) is 0 Å². The van der Waals surface area contributed by atoms with E-state index in [1.807, 2.05) is 6.92 Å². The molecule has 1 amide bonds. The number of carbonyl (C=O) groups excluding carboxylic acids is 2. The Balaban J connectivity index is 2.65. The van der Waals surface area contributed by atoms with Crippen molar-refractivity contribution in [2.75, 3.05) is 13.2 Å². The first-order chi connectivity index (χ1) is 9.15. The number of nitrogens with zero attached hydrogens (tertiary/aromatic N) is 1. The Morgan fingerprint density at radius 1 is 1.32 bits per heavy atom. The van der Waals surface area contributed by atoms with Crippen LogP contribution in [0.1, 0.15) is 59.3 Å². The second-order valence-corrected chi connectivity index (χ2v) is 5.19. The molecule has 4 heteroatoms. The molecule has 0 spiro atoms. The third-order valence-electron chi connectivity index (χ3n) is 3.84. The summed E-state index contributed by atoms with van der Waals surface area (Å²) in [5.74, 6) is -0.0276. The highest BCUT2D eigenvalue weighted by molar-refractivity contribution is 5.86. The average Bonchev–Trinajstić information content (AvgIpc) is 2.88. The van der Waals surface area contributed by atoms with Crippen LogP contribution in [0.4, 0.5) is 0 Å². The first-order valence-corrected chi connectivity index (χ1v) is 7.62. The lowest BCUT2D eigenvalue weighted by molar-refractivity contribution is -0.154. The van der Waals surface area contributed by atoms with E-state index >= 15 is 0 Å². The Hall–Kier alpha value is -1.06. The molecule has 1 rings (SSSR count).